The third kappa shape index (κ3) is 2.18. The molecule has 2 aromatic rings. The quantitative estimate of drug-likeness (QED) is 0.850. The van der Waals surface area contributed by atoms with E-state index in [1.54, 1.807) is 14.0 Å². The molecule has 5 nitrogen and oxygen atoms in total. The SMILES string of the molecule is COc1ccc(C)cc1-c1nnc(C)nc1N. The zero-order valence-electron chi connectivity index (χ0n) is 10.1. The Labute approximate surface area is 99.7 Å². The van der Waals surface area contributed by atoms with Gasteiger partial charge < -0.3 is 10.5 Å². The van der Waals surface area contributed by atoms with E-state index in [2.05, 4.69) is 15.2 Å². The van der Waals surface area contributed by atoms with Gasteiger partial charge in [0.05, 0.1) is 7.11 Å². The van der Waals surface area contributed by atoms with E-state index in [9.17, 15) is 0 Å². The number of ether oxygens (including phenoxy) is 1. The molecule has 0 atom stereocenters. The van der Waals surface area contributed by atoms with Crippen molar-refractivity contribution < 1.29 is 4.74 Å². The van der Waals surface area contributed by atoms with Gasteiger partial charge in [-0.1, -0.05) is 11.6 Å². The minimum atomic E-state index is 0.362. The highest BCUT2D eigenvalue weighted by Crippen LogP contribution is 2.31. The first-order valence-electron chi connectivity index (χ1n) is 5.23. The van der Waals surface area contributed by atoms with Crippen molar-refractivity contribution in [2.75, 3.05) is 12.8 Å². The number of benzene rings is 1. The van der Waals surface area contributed by atoms with E-state index in [0.29, 0.717) is 23.1 Å². The van der Waals surface area contributed by atoms with Gasteiger partial charge in [-0.3, -0.25) is 0 Å². The molecule has 1 aromatic carbocycles. The highest BCUT2D eigenvalue weighted by molar-refractivity contribution is 5.75. The number of anilines is 1. The molecule has 0 unspecified atom stereocenters. The van der Waals surface area contributed by atoms with E-state index in [0.717, 1.165) is 11.1 Å². The monoisotopic (exact) mass is 230 g/mol. The second-order valence-corrected chi connectivity index (χ2v) is 3.80. The summed E-state index contributed by atoms with van der Waals surface area (Å²) < 4.78 is 5.29. The lowest BCUT2D eigenvalue weighted by molar-refractivity contribution is 0.416. The van der Waals surface area contributed by atoms with Crippen LogP contribution in [-0.4, -0.2) is 22.3 Å². The summed E-state index contributed by atoms with van der Waals surface area (Å²) in [5.41, 5.74) is 8.32. The topological polar surface area (TPSA) is 73.9 Å². The van der Waals surface area contributed by atoms with Gasteiger partial charge in [0, 0.05) is 5.56 Å². The Kier molecular flexibility index (Phi) is 2.91. The number of aryl methyl sites for hydroxylation is 2. The standard InChI is InChI=1S/C12H14N4O/c1-7-4-5-10(17-3)9(6-7)11-12(13)14-8(2)15-16-11/h4-6H,1-3H3,(H2,13,14,15). The summed E-state index contributed by atoms with van der Waals surface area (Å²) in [6.45, 7) is 3.74. The summed E-state index contributed by atoms with van der Waals surface area (Å²) >= 11 is 0. The van der Waals surface area contributed by atoms with Crippen LogP contribution in [0.2, 0.25) is 0 Å². The smallest absolute Gasteiger partial charge is 0.154 e. The molecule has 2 N–H and O–H groups in total. The normalized spacial score (nSPS) is 10.3. The highest BCUT2D eigenvalue weighted by Gasteiger charge is 2.12. The molecule has 2 rings (SSSR count). The average Bonchev–Trinajstić information content (AvgIpc) is 2.29. The maximum absolute atomic E-state index is 5.86. The minimum absolute atomic E-state index is 0.362. The van der Waals surface area contributed by atoms with Crippen molar-refractivity contribution in [2.24, 2.45) is 0 Å². The van der Waals surface area contributed by atoms with Gasteiger partial charge in [-0.05, 0) is 26.0 Å². The lowest BCUT2D eigenvalue weighted by Gasteiger charge is -2.09. The summed E-state index contributed by atoms with van der Waals surface area (Å²) in [6.07, 6.45) is 0. The number of hydrogen-bond donors (Lipinski definition) is 1. The molecule has 1 aromatic heterocycles. The first kappa shape index (κ1) is 11.3. The molecular formula is C12H14N4O. The fourth-order valence-corrected chi connectivity index (χ4v) is 1.62. The van der Waals surface area contributed by atoms with Crippen LogP contribution >= 0.6 is 0 Å². The highest BCUT2D eigenvalue weighted by atomic mass is 16.5. The van der Waals surface area contributed by atoms with Crippen LogP contribution in [0.25, 0.3) is 11.3 Å². The number of hydrogen-bond acceptors (Lipinski definition) is 5. The zero-order chi connectivity index (χ0) is 12.4. The van der Waals surface area contributed by atoms with Gasteiger partial charge in [-0.25, -0.2) is 4.98 Å². The molecule has 0 aliphatic heterocycles. The number of nitrogen functional groups attached to an aromatic ring is 1. The van der Waals surface area contributed by atoms with E-state index in [1.165, 1.54) is 0 Å². The lowest BCUT2D eigenvalue weighted by Crippen LogP contribution is -2.03. The number of methoxy groups -OCH3 is 1. The van der Waals surface area contributed by atoms with E-state index in [4.69, 9.17) is 10.5 Å². The van der Waals surface area contributed by atoms with Crippen LogP contribution in [-0.2, 0) is 0 Å². The van der Waals surface area contributed by atoms with Crippen LogP contribution < -0.4 is 10.5 Å². The van der Waals surface area contributed by atoms with Crippen molar-refractivity contribution in [1.82, 2.24) is 15.2 Å². The van der Waals surface area contributed by atoms with Gasteiger partial charge in [0.25, 0.3) is 0 Å². The molecule has 88 valence electrons. The van der Waals surface area contributed by atoms with Crippen LogP contribution in [0, 0.1) is 13.8 Å². The van der Waals surface area contributed by atoms with E-state index in [-0.39, 0.29) is 0 Å². The molecule has 17 heavy (non-hydrogen) atoms. The first-order valence-corrected chi connectivity index (χ1v) is 5.23. The van der Waals surface area contributed by atoms with Crippen molar-refractivity contribution in [3.8, 4) is 17.0 Å². The molecule has 0 radical (unpaired) electrons. The largest absolute Gasteiger partial charge is 0.496 e. The second-order valence-electron chi connectivity index (χ2n) is 3.80. The number of aromatic nitrogens is 3. The predicted octanol–water partition coefficient (Wildman–Crippen LogP) is 1.75. The predicted molar refractivity (Wildman–Crippen MR) is 65.7 cm³/mol. The molecule has 0 aliphatic carbocycles. The Balaban J connectivity index is 2.62. The Morgan fingerprint density at radius 2 is 1.94 bits per heavy atom. The van der Waals surface area contributed by atoms with Crippen molar-refractivity contribution in [3.63, 3.8) is 0 Å². The van der Waals surface area contributed by atoms with Crippen LogP contribution in [0.5, 0.6) is 5.75 Å². The van der Waals surface area contributed by atoms with Gasteiger partial charge in [-0.15, -0.1) is 10.2 Å². The number of nitrogens with zero attached hydrogens (tertiary/aromatic N) is 3. The Morgan fingerprint density at radius 3 is 2.59 bits per heavy atom. The minimum Gasteiger partial charge on any atom is -0.496 e. The summed E-state index contributed by atoms with van der Waals surface area (Å²) in [7, 11) is 1.61. The van der Waals surface area contributed by atoms with E-state index >= 15 is 0 Å². The molecule has 0 aliphatic rings. The second kappa shape index (κ2) is 4.37. The van der Waals surface area contributed by atoms with E-state index in [1.807, 2.05) is 25.1 Å². The third-order valence-corrected chi connectivity index (χ3v) is 2.43. The van der Waals surface area contributed by atoms with Crippen LogP contribution in [0.1, 0.15) is 11.4 Å². The fraction of sp³-hybridized carbons (Fsp3) is 0.250. The van der Waals surface area contributed by atoms with Gasteiger partial charge in [0.2, 0.25) is 0 Å². The number of nitrogens with two attached hydrogens (primary N) is 1. The number of rotatable bonds is 2. The van der Waals surface area contributed by atoms with E-state index < -0.39 is 0 Å². The van der Waals surface area contributed by atoms with Crippen molar-refractivity contribution in [3.05, 3.63) is 29.6 Å². The molecule has 1 heterocycles. The Bertz CT molecular complexity index is 554. The zero-order valence-corrected chi connectivity index (χ0v) is 10.1. The summed E-state index contributed by atoms with van der Waals surface area (Å²) in [5.74, 6) is 1.63. The molecule has 5 heteroatoms. The molecular weight excluding hydrogens is 216 g/mol. The molecule has 0 saturated heterocycles. The van der Waals surface area contributed by atoms with Crippen molar-refractivity contribution in [1.29, 1.82) is 0 Å². The van der Waals surface area contributed by atoms with Gasteiger partial charge in [0.1, 0.15) is 17.3 Å². The molecule has 0 fully saturated rings. The summed E-state index contributed by atoms with van der Waals surface area (Å²) in [6, 6.07) is 5.80. The maximum Gasteiger partial charge on any atom is 0.154 e. The van der Waals surface area contributed by atoms with Crippen LogP contribution in [0.4, 0.5) is 5.82 Å². The first-order chi connectivity index (χ1) is 8.11. The Morgan fingerprint density at radius 1 is 1.18 bits per heavy atom. The molecule has 0 bridgehead atoms. The summed E-state index contributed by atoms with van der Waals surface area (Å²) in [4.78, 5) is 4.10. The fourth-order valence-electron chi connectivity index (χ4n) is 1.62. The van der Waals surface area contributed by atoms with Gasteiger partial charge >= 0.3 is 0 Å². The van der Waals surface area contributed by atoms with Crippen LogP contribution in [0.15, 0.2) is 18.2 Å². The summed E-state index contributed by atoms with van der Waals surface area (Å²) in [5, 5.41) is 8.01. The van der Waals surface area contributed by atoms with Gasteiger partial charge in [0.15, 0.2) is 5.82 Å². The lowest BCUT2D eigenvalue weighted by atomic mass is 10.1. The molecule has 0 spiro atoms. The van der Waals surface area contributed by atoms with Gasteiger partial charge in [-0.2, -0.15) is 0 Å². The molecule has 0 saturated carbocycles. The Hall–Kier alpha value is -2.17. The maximum atomic E-state index is 5.86. The van der Waals surface area contributed by atoms with Crippen molar-refractivity contribution >= 4 is 5.82 Å². The van der Waals surface area contributed by atoms with Crippen LogP contribution in [0.3, 0.4) is 0 Å². The van der Waals surface area contributed by atoms with Crippen molar-refractivity contribution in [2.45, 2.75) is 13.8 Å². The third-order valence-electron chi connectivity index (χ3n) is 2.43. The average molecular weight is 230 g/mol. The molecule has 0 amide bonds.